The van der Waals surface area contributed by atoms with E-state index in [0.717, 1.165) is 0 Å². The van der Waals surface area contributed by atoms with Crippen LogP contribution in [0.15, 0.2) is 0 Å². The predicted octanol–water partition coefficient (Wildman–Crippen LogP) is -0.160. The van der Waals surface area contributed by atoms with Crippen LogP contribution in [0.3, 0.4) is 0 Å². The molecule has 0 amide bonds. The largest absolute Gasteiger partial charge is 0.394 e. The van der Waals surface area contributed by atoms with Gasteiger partial charge in [-0.25, -0.2) is 0 Å². The van der Waals surface area contributed by atoms with Gasteiger partial charge in [-0.15, -0.1) is 0 Å². The fourth-order valence-corrected chi connectivity index (χ4v) is 0. The van der Waals surface area contributed by atoms with Crippen molar-refractivity contribution < 1.29 is 5.11 Å². The second-order valence-corrected chi connectivity index (χ2v) is 2.04. The van der Waals surface area contributed by atoms with E-state index in [9.17, 15) is 0 Å². The summed E-state index contributed by atoms with van der Waals surface area (Å²) in [7, 11) is 10.4. The highest BCUT2D eigenvalue weighted by Crippen LogP contribution is 2.17. The zero-order valence-corrected chi connectivity index (χ0v) is 4.68. The van der Waals surface area contributed by atoms with Crippen molar-refractivity contribution in [1.29, 1.82) is 0 Å². The van der Waals surface area contributed by atoms with Crippen molar-refractivity contribution in [2.75, 3.05) is 0 Å². The van der Waals surface area contributed by atoms with Crippen LogP contribution in [0.4, 0.5) is 0 Å². The summed E-state index contributed by atoms with van der Waals surface area (Å²) in [5.74, 6) is 0. The van der Waals surface area contributed by atoms with E-state index in [1.54, 1.807) is 13.8 Å². The van der Waals surface area contributed by atoms with E-state index in [1.165, 1.54) is 0 Å². The Labute approximate surface area is 46.9 Å². The molecule has 0 aromatic carbocycles. The first kappa shape index (κ1) is 7.09. The van der Waals surface area contributed by atoms with Crippen molar-refractivity contribution >= 4 is 15.7 Å². The molecular weight excluding hydrogens is 85.7 g/mol. The van der Waals surface area contributed by atoms with Gasteiger partial charge in [0.25, 0.3) is 0 Å². The molecule has 0 aliphatic heterocycles. The second kappa shape index (κ2) is 1.91. The van der Waals surface area contributed by atoms with Gasteiger partial charge in [-0.3, -0.25) is 0 Å². The number of aliphatic hydroxyl groups excluding tert-OH is 1. The molecule has 7 heavy (non-hydrogen) atoms. The highest BCUT2D eigenvalue weighted by Gasteiger charge is 2.14. The molecule has 0 fully saturated rings. The monoisotopic (exact) mass is 94.1 g/mol. The molecule has 0 bridgehead atoms. The van der Waals surface area contributed by atoms with Gasteiger partial charge < -0.3 is 5.11 Å². The number of hydrogen-bond acceptors (Lipinski definition) is 1. The Bertz CT molecular complexity index is 55.2. The van der Waals surface area contributed by atoms with Gasteiger partial charge in [0, 0.05) is 6.10 Å². The molecule has 0 rings (SSSR count). The average molecular weight is 93.7 g/mol. The van der Waals surface area contributed by atoms with Crippen LogP contribution in [0.2, 0.25) is 5.21 Å². The fraction of sp³-hybridized carbons (Fsp3) is 1.00. The minimum absolute atomic E-state index is 0.646. The Hall–Kier alpha value is 0.0899. The molecule has 0 heterocycles. The quantitative estimate of drug-likeness (QED) is 0.447. The molecule has 1 N–H and O–H groups in total. The molecule has 0 aliphatic rings. The van der Waals surface area contributed by atoms with Crippen molar-refractivity contribution in [2.24, 2.45) is 0 Å². The SMILES string of the molecule is [B]C([B])(C)C(C)O. The van der Waals surface area contributed by atoms with Crippen molar-refractivity contribution in [1.82, 2.24) is 0 Å². The summed E-state index contributed by atoms with van der Waals surface area (Å²) in [6.07, 6.45) is -0.646. The third-order valence-electron chi connectivity index (χ3n) is 0.900. The summed E-state index contributed by atoms with van der Waals surface area (Å²) in [4.78, 5) is 0. The smallest absolute Gasteiger partial charge is 0.0651 e. The molecule has 0 spiro atoms. The summed E-state index contributed by atoms with van der Waals surface area (Å²) < 4.78 is 0. The van der Waals surface area contributed by atoms with Crippen LogP contribution in [0.5, 0.6) is 0 Å². The molecule has 0 aliphatic carbocycles. The van der Waals surface area contributed by atoms with Crippen molar-refractivity contribution in [3.63, 3.8) is 0 Å². The van der Waals surface area contributed by atoms with Crippen molar-refractivity contribution in [3.8, 4) is 0 Å². The summed E-state index contributed by atoms with van der Waals surface area (Å²) >= 11 is 0. The maximum Gasteiger partial charge on any atom is 0.0651 e. The minimum Gasteiger partial charge on any atom is -0.394 e. The Morgan fingerprint density at radius 2 is 1.71 bits per heavy atom. The van der Waals surface area contributed by atoms with Crippen LogP contribution in [0.1, 0.15) is 13.8 Å². The number of hydrogen-bond donors (Lipinski definition) is 1. The average Bonchev–Trinajstić information content (AvgIpc) is 1.31. The summed E-state index contributed by atoms with van der Waals surface area (Å²) in [5, 5.41) is 7.69. The van der Waals surface area contributed by atoms with Gasteiger partial charge >= 0.3 is 0 Å². The van der Waals surface area contributed by atoms with E-state index in [-0.39, 0.29) is 0 Å². The first-order chi connectivity index (χ1) is 2.94. The Morgan fingerprint density at radius 1 is 1.57 bits per heavy atom. The molecular formula is C4H8B2O. The second-order valence-electron chi connectivity index (χ2n) is 2.04. The summed E-state index contributed by atoms with van der Waals surface area (Å²) in [5.41, 5.74) is 0. The molecule has 4 radical (unpaired) electrons. The summed E-state index contributed by atoms with van der Waals surface area (Å²) in [6.45, 7) is 3.12. The fourth-order valence-electron chi connectivity index (χ4n) is 0. The van der Waals surface area contributed by atoms with Gasteiger partial charge in [0.2, 0.25) is 0 Å². The third-order valence-corrected chi connectivity index (χ3v) is 0.900. The molecule has 0 aromatic rings. The molecule has 0 saturated carbocycles. The molecule has 1 atom stereocenters. The topological polar surface area (TPSA) is 20.2 Å². The van der Waals surface area contributed by atoms with Gasteiger partial charge in [-0.1, -0.05) is 12.1 Å². The van der Waals surface area contributed by atoms with Crippen molar-refractivity contribution in [3.05, 3.63) is 0 Å². The van der Waals surface area contributed by atoms with Gasteiger partial charge in [0.1, 0.15) is 0 Å². The van der Waals surface area contributed by atoms with E-state index in [1.807, 2.05) is 0 Å². The highest BCUT2D eigenvalue weighted by molar-refractivity contribution is 6.39. The minimum atomic E-state index is -0.944. The van der Waals surface area contributed by atoms with E-state index in [0.29, 0.717) is 0 Å². The van der Waals surface area contributed by atoms with E-state index >= 15 is 0 Å². The van der Waals surface area contributed by atoms with E-state index in [2.05, 4.69) is 0 Å². The Kier molecular flexibility index (Phi) is 1.93. The van der Waals surface area contributed by atoms with Crippen LogP contribution in [0, 0.1) is 0 Å². The maximum atomic E-state index is 8.64. The lowest BCUT2D eigenvalue weighted by Gasteiger charge is -2.22. The molecule has 36 valence electrons. The highest BCUT2D eigenvalue weighted by atomic mass is 16.3. The molecule has 1 nitrogen and oxygen atoms in total. The predicted molar refractivity (Wildman–Crippen MR) is 31.6 cm³/mol. The molecule has 0 aromatic heterocycles. The lowest BCUT2D eigenvalue weighted by molar-refractivity contribution is 0.177. The summed E-state index contributed by atoms with van der Waals surface area (Å²) in [6, 6.07) is 0. The molecule has 1 unspecified atom stereocenters. The lowest BCUT2D eigenvalue weighted by Crippen LogP contribution is -2.22. The van der Waals surface area contributed by atoms with E-state index in [4.69, 9.17) is 20.8 Å². The maximum absolute atomic E-state index is 8.64. The zero-order valence-electron chi connectivity index (χ0n) is 4.68. The van der Waals surface area contributed by atoms with Crippen LogP contribution in [0.25, 0.3) is 0 Å². The van der Waals surface area contributed by atoms with Crippen LogP contribution >= 0.6 is 0 Å². The van der Waals surface area contributed by atoms with Crippen LogP contribution in [-0.4, -0.2) is 26.9 Å². The van der Waals surface area contributed by atoms with Crippen LogP contribution < -0.4 is 0 Å². The first-order valence-corrected chi connectivity index (χ1v) is 2.20. The van der Waals surface area contributed by atoms with Gasteiger partial charge in [0.15, 0.2) is 0 Å². The first-order valence-electron chi connectivity index (χ1n) is 2.20. The van der Waals surface area contributed by atoms with E-state index < -0.39 is 11.3 Å². The van der Waals surface area contributed by atoms with Gasteiger partial charge in [-0.05, 0) is 6.92 Å². The van der Waals surface area contributed by atoms with Gasteiger partial charge in [-0.2, -0.15) is 0 Å². The molecule has 0 saturated heterocycles. The number of rotatable bonds is 1. The molecule has 3 heteroatoms. The van der Waals surface area contributed by atoms with Crippen molar-refractivity contribution in [2.45, 2.75) is 25.2 Å². The standard InChI is InChI=1S/C4H8B2O/c1-3(7)4(2,5)6/h3,7H,1-2H3. The Balaban J connectivity index is 3.54. The third kappa shape index (κ3) is 2.75. The normalized spacial score (nSPS) is 16.4. The van der Waals surface area contributed by atoms with Gasteiger partial charge in [0.05, 0.1) is 15.7 Å². The Morgan fingerprint density at radius 3 is 1.71 bits per heavy atom. The lowest BCUT2D eigenvalue weighted by atomic mass is 9.53. The zero-order chi connectivity index (χ0) is 6.08. The van der Waals surface area contributed by atoms with Crippen LogP contribution in [-0.2, 0) is 0 Å². The number of aliphatic hydroxyl groups is 1.